The highest BCUT2D eigenvalue weighted by Crippen LogP contribution is 2.52. The second-order valence-corrected chi connectivity index (χ2v) is 10.1. The Morgan fingerprint density at radius 2 is 2.03 bits per heavy atom. The molecule has 1 amide bonds. The average Bonchev–Trinajstić information content (AvgIpc) is 3.33. The van der Waals surface area contributed by atoms with E-state index in [-0.39, 0.29) is 11.3 Å². The van der Waals surface area contributed by atoms with Crippen LogP contribution in [0.25, 0.3) is 0 Å². The highest BCUT2D eigenvalue weighted by atomic mass is 19.1. The fourth-order valence-electron chi connectivity index (χ4n) is 5.22. The summed E-state index contributed by atoms with van der Waals surface area (Å²) in [6, 6.07) is 5.95. The number of ether oxygens (including phenoxy) is 1. The molecule has 1 fully saturated rings. The summed E-state index contributed by atoms with van der Waals surface area (Å²) in [5.74, 6) is 0.653. The zero-order chi connectivity index (χ0) is 24.3. The van der Waals surface area contributed by atoms with E-state index >= 15 is 0 Å². The lowest BCUT2D eigenvalue weighted by Crippen LogP contribution is -2.43. The van der Waals surface area contributed by atoms with Crippen molar-refractivity contribution in [2.75, 3.05) is 11.9 Å². The number of anilines is 1. The van der Waals surface area contributed by atoms with Crippen molar-refractivity contribution < 1.29 is 18.7 Å². The van der Waals surface area contributed by atoms with Gasteiger partial charge in [0.05, 0.1) is 23.3 Å². The van der Waals surface area contributed by atoms with Crippen LogP contribution in [0.1, 0.15) is 71.5 Å². The monoisotopic (exact) mass is 463 g/mol. The van der Waals surface area contributed by atoms with Gasteiger partial charge in [-0.05, 0) is 48.6 Å². The molecule has 1 aliphatic carbocycles. The summed E-state index contributed by atoms with van der Waals surface area (Å²) in [6.07, 6.45) is 3.90. The molecule has 34 heavy (non-hydrogen) atoms. The molecule has 0 atom stereocenters. The second-order valence-electron chi connectivity index (χ2n) is 10.1. The molecule has 176 valence electrons. The molecule has 0 unspecified atom stereocenters. The summed E-state index contributed by atoms with van der Waals surface area (Å²) in [5.41, 5.74) is 1.06. The van der Waals surface area contributed by atoms with Gasteiger partial charge in [-0.2, -0.15) is 0 Å². The number of aromatic nitrogens is 4. The maximum atomic E-state index is 14.7. The van der Waals surface area contributed by atoms with Crippen LogP contribution in [0.2, 0.25) is 0 Å². The lowest BCUT2D eigenvalue weighted by atomic mass is 9.58. The maximum Gasteiger partial charge on any atom is 0.274 e. The molecule has 3 heterocycles. The van der Waals surface area contributed by atoms with E-state index in [1.165, 1.54) is 18.2 Å². The number of rotatable bonds is 5. The van der Waals surface area contributed by atoms with Crippen molar-refractivity contribution in [1.82, 2.24) is 19.7 Å². The van der Waals surface area contributed by atoms with E-state index in [4.69, 9.17) is 4.74 Å². The molecule has 0 radical (unpaired) electrons. The van der Waals surface area contributed by atoms with Gasteiger partial charge in [0, 0.05) is 18.2 Å². The fourth-order valence-corrected chi connectivity index (χ4v) is 5.22. The molecule has 1 N–H and O–H groups in total. The van der Waals surface area contributed by atoms with Crippen molar-refractivity contribution in [2.45, 2.75) is 44.4 Å². The lowest BCUT2D eigenvalue weighted by molar-refractivity contribution is 0.102. The smallest absolute Gasteiger partial charge is 0.274 e. The number of amides is 1. The number of aldehydes is 1. The SMILES string of the molecule is CC1CC(c2cc(F)cc(NC(=O)c3cc(C=O)c4c(n3)C(C)(C)CO4)c2)(c2nncn2C)C1. The quantitative estimate of drug-likeness (QED) is 0.578. The third-order valence-corrected chi connectivity index (χ3v) is 6.82. The standard InChI is InChI=1S/C25H26FN5O3/c1-14-9-25(10-14,23-30-27-13-31(23)4)16-6-17(26)8-18(7-16)28-22(33)19-5-15(11-32)20-21(29-19)24(2,3)12-34-20/h5-8,11,13-14H,9-10,12H2,1-4H3,(H,28,33). The van der Waals surface area contributed by atoms with Crippen LogP contribution in [0.3, 0.4) is 0 Å². The second kappa shape index (κ2) is 7.72. The predicted octanol–water partition coefficient (Wildman–Crippen LogP) is 3.80. The lowest BCUT2D eigenvalue weighted by Gasteiger charge is -2.46. The number of nitrogens with one attached hydrogen (secondary N) is 1. The molecule has 8 nitrogen and oxygen atoms in total. The highest BCUT2D eigenvalue weighted by molar-refractivity contribution is 6.04. The molecule has 0 spiro atoms. The zero-order valence-electron chi connectivity index (χ0n) is 19.6. The van der Waals surface area contributed by atoms with Crippen LogP contribution in [-0.4, -0.2) is 38.5 Å². The Morgan fingerprint density at radius 3 is 2.68 bits per heavy atom. The van der Waals surface area contributed by atoms with Gasteiger partial charge in [-0.25, -0.2) is 9.37 Å². The molecule has 0 saturated heterocycles. The minimum atomic E-state index is -0.528. The summed E-state index contributed by atoms with van der Waals surface area (Å²) >= 11 is 0. The van der Waals surface area contributed by atoms with Gasteiger partial charge in [-0.3, -0.25) is 9.59 Å². The molecule has 1 aromatic carbocycles. The topological polar surface area (TPSA) is 99.0 Å². The number of fused-ring (bicyclic) bond motifs is 1. The number of pyridine rings is 1. The first kappa shape index (κ1) is 22.2. The number of hydrogen-bond donors (Lipinski definition) is 1. The molecule has 5 rings (SSSR count). The molecular formula is C25H26FN5O3. The number of halogens is 1. The summed E-state index contributed by atoms with van der Waals surface area (Å²) in [4.78, 5) is 29.2. The van der Waals surface area contributed by atoms with Crippen molar-refractivity contribution in [2.24, 2.45) is 13.0 Å². The molecule has 2 aliphatic rings. The van der Waals surface area contributed by atoms with Crippen molar-refractivity contribution in [3.63, 3.8) is 0 Å². The van der Waals surface area contributed by atoms with E-state index in [9.17, 15) is 14.0 Å². The van der Waals surface area contributed by atoms with E-state index in [1.807, 2.05) is 25.5 Å². The van der Waals surface area contributed by atoms with Crippen LogP contribution >= 0.6 is 0 Å². The van der Waals surface area contributed by atoms with Crippen LogP contribution in [0.4, 0.5) is 10.1 Å². The van der Waals surface area contributed by atoms with Gasteiger partial charge in [-0.1, -0.05) is 20.8 Å². The summed E-state index contributed by atoms with van der Waals surface area (Å²) in [7, 11) is 1.87. The Balaban J connectivity index is 1.50. The van der Waals surface area contributed by atoms with Gasteiger partial charge < -0.3 is 14.6 Å². The van der Waals surface area contributed by atoms with E-state index in [1.54, 1.807) is 12.4 Å². The van der Waals surface area contributed by atoms with Crippen molar-refractivity contribution in [1.29, 1.82) is 0 Å². The van der Waals surface area contributed by atoms with Crippen LogP contribution < -0.4 is 10.1 Å². The molecule has 9 heteroatoms. The molecule has 0 bridgehead atoms. The third kappa shape index (κ3) is 3.46. The summed E-state index contributed by atoms with van der Waals surface area (Å²) in [6.45, 7) is 6.39. The van der Waals surface area contributed by atoms with Gasteiger partial charge in [0.1, 0.15) is 23.7 Å². The van der Waals surface area contributed by atoms with Crippen molar-refractivity contribution >= 4 is 17.9 Å². The first-order chi connectivity index (χ1) is 16.1. The van der Waals surface area contributed by atoms with E-state index in [0.29, 0.717) is 35.9 Å². The Morgan fingerprint density at radius 1 is 1.26 bits per heavy atom. The number of aryl methyl sites for hydroxylation is 1. The largest absolute Gasteiger partial charge is 0.490 e. The molecule has 2 aromatic heterocycles. The van der Waals surface area contributed by atoms with Crippen LogP contribution in [0, 0.1) is 11.7 Å². The molecule has 1 saturated carbocycles. The van der Waals surface area contributed by atoms with E-state index in [2.05, 4.69) is 27.4 Å². The van der Waals surface area contributed by atoms with E-state index < -0.39 is 22.6 Å². The highest BCUT2D eigenvalue weighted by Gasteiger charge is 2.48. The summed E-state index contributed by atoms with van der Waals surface area (Å²) < 4.78 is 22.2. The number of carbonyl (C=O) groups is 2. The van der Waals surface area contributed by atoms with Crippen molar-refractivity contribution in [3.05, 3.63) is 64.7 Å². The van der Waals surface area contributed by atoms with Crippen LogP contribution in [-0.2, 0) is 17.9 Å². The first-order valence-corrected chi connectivity index (χ1v) is 11.2. The molecule has 3 aromatic rings. The van der Waals surface area contributed by atoms with Crippen LogP contribution in [0.15, 0.2) is 30.6 Å². The van der Waals surface area contributed by atoms with Crippen molar-refractivity contribution in [3.8, 4) is 5.75 Å². The van der Waals surface area contributed by atoms with Gasteiger partial charge >= 0.3 is 0 Å². The maximum absolute atomic E-state index is 14.7. The van der Waals surface area contributed by atoms with Gasteiger partial charge in [-0.15, -0.1) is 10.2 Å². The fraction of sp³-hybridized carbons (Fsp3) is 0.400. The number of benzene rings is 1. The van der Waals surface area contributed by atoms with Crippen LogP contribution in [0.5, 0.6) is 5.75 Å². The number of nitrogens with zero attached hydrogens (tertiary/aromatic N) is 4. The number of carbonyl (C=O) groups excluding carboxylic acids is 2. The predicted molar refractivity (Wildman–Crippen MR) is 123 cm³/mol. The zero-order valence-corrected chi connectivity index (χ0v) is 19.6. The van der Waals surface area contributed by atoms with Gasteiger partial charge in [0.25, 0.3) is 5.91 Å². The minimum Gasteiger partial charge on any atom is -0.490 e. The van der Waals surface area contributed by atoms with Gasteiger partial charge in [0.2, 0.25) is 0 Å². The summed E-state index contributed by atoms with van der Waals surface area (Å²) in [5, 5.41) is 11.1. The van der Waals surface area contributed by atoms with E-state index in [0.717, 1.165) is 24.2 Å². The Kier molecular flexibility index (Phi) is 5.03. The Bertz CT molecular complexity index is 1310. The molecular weight excluding hydrogens is 437 g/mol. The Hall–Kier alpha value is -3.62. The molecule has 1 aliphatic heterocycles. The normalized spacial score (nSPS) is 22.4. The van der Waals surface area contributed by atoms with Gasteiger partial charge in [0.15, 0.2) is 12.0 Å². The Labute approximate surface area is 196 Å². The first-order valence-electron chi connectivity index (χ1n) is 11.2. The minimum absolute atomic E-state index is 0.0746. The third-order valence-electron chi connectivity index (χ3n) is 6.82. The average molecular weight is 464 g/mol. The number of hydrogen-bond acceptors (Lipinski definition) is 6.